The number of carbonyl (C=O) groups is 1. The van der Waals surface area contributed by atoms with Crippen LogP contribution in [0.2, 0.25) is 0 Å². The van der Waals surface area contributed by atoms with E-state index in [-0.39, 0.29) is 11.9 Å². The molecule has 1 atom stereocenters. The zero-order valence-electron chi connectivity index (χ0n) is 12.9. The van der Waals surface area contributed by atoms with Gasteiger partial charge in [-0.2, -0.15) is 0 Å². The normalized spacial score (nSPS) is 17.7. The Hall–Kier alpha value is -2.30. The van der Waals surface area contributed by atoms with E-state index >= 15 is 0 Å². The van der Waals surface area contributed by atoms with Crippen LogP contribution in [0.15, 0.2) is 34.9 Å². The highest BCUT2D eigenvalue weighted by Crippen LogP contribution is 2.32. The fraction of sp³-hybridized carbons (Fsp3) is 0.412. The molecule has 1 aromatic carbocycles. The number of benzene rings is 1. The van der Waals surface area contributed by atoms with Crippen molar-refractivity contribution in [2.24, 2.45) is 0 Å². The van der Waals surface area contributed by atoms with E-state index in [0.29, 0.717) is 6.42 Å². The van der Waals surface area contributed by atoms with Crippen molar-refractivity contribution in [2.75, 3.05) is 13.7 Å². The number of likely N-dealkylation sites (tertiary alicyclic amines) is 1. The number of rotatable bonds is 4. The maximum Gasteiger partial charge on any atom is 0.227 e. The molecule has 5 nitrogen and oxygen atoms in total. The molecule has 116 valence electrons. The van der Waals surface area contributed by atoms with E-state index in [1.54, 1.807) is 7.11 Å². The molecule has 1 fully saturated rings. The molecule has 1 unspecified atom stereocenters. The Labute approximate surface area is 129 Å². The van der Waals surface area contributed by atoms with Crippen LogP contribution in [0.3, 0.4) is 0 Å². The van der Waals surface area contributed by atoms with Crippen LogP contribution in [0, 0.1) is 6.92 Å². The van der Waals surface area contributed by atoms with Gasteiger partial charge in [-0.15, -0.1) is 0 Å². The van der Waals surface area contributed by atoms with Gasteiger partial charge in [-0.1, -0.05) is 17.3 Å². The van der Waals surface area contributed by atoms with E-state index in [0.717, 1.165) is 42.2 Å². The molecule has 0 bridgehead atoms. The molecule has 2 heterocycles. The molecular formula is C17H20N2O3. The lowest BCUT2D eigenvalue weighted by atomic mass is 10.1. The molecule has 0 saturated carbocycles. The van der Waals surface area contributed by atoms with Crippen molar-refractivity contribution in [1.29, 1.82) is 0 Å². The van der Waals surface area contributed by atoms with Crippen LogP contribution in [-0.4, -0.2) is 29.6 Å². The summed E-state index contributed by atoms with van der Waals surface area (Å²) in [6.45, 7) is 2.66. The maximum atomic E-state index is 12.6. The van der Waals surface area contributed by atoms with Crippen LogP contribution in [0.25, 0.3) is 0 Å². The van der Waals surface area contributed by atoms with Gasteiger partial charge in [0.05, 0.1) is 25.3 Å². The lowest BCUT2D eigenvalue weighted by Gasteiger charge is -2.22. The van der Waals surface area contributed by atoms with Gasteiger partial charge in [-0.25, -0.2) is 0 Å². The number of aromatic nitrogens is 1. The molecule has 1 aliphatic rings. The van der Waals surface area contributed by atoms with Gasteiger partial charge in [0.2, 0.25) is 5.91 Å². The molecule has 3 rings (SSSR count). The molecule has 0 N–H and O–H groups in total. The van der Waals surface area contributed by atoms with E-state index in [1.807, 2.05) is 42.2 Å². The summed E-state index contributed by atoms with van der Waals surface area (Å²) in [5.74, 6) is 1.67. The van der Waals surface area contributed by atoms with Crippen molar-refractivity contribution >= 4 is 5.91 Å². The van der Waals surface area contributed by atoms with Crippen molar-refractivity contribution < 1.29 is 14.1 Å². The highest BCUT2D eigenvalue weighted by atomic mass is 16.5. The third-order valence-electron chi connectivity index (χ3n) is 4.04. The van der Waals surface area contributed by atoms with Crippen molar-refractivity contribution in [1.82, 2.24) is 10.1 Å². The molecule has 5 heteroatoms. The zero-order chi connectivity index (χ0) is 15.5. The fourth-order valence-corrected chi connectivity index (χ4v) is 2.96. The number of hydrogen-bond acceptors (Lipinski definition) is 4. The standard InChI is InChI=1S/C17H20N2O3/c1-12-9-16(22-18-12)15-7-4-8-19(15)17(20)11-13-5-3-6-14(10-13)21-2/h3,5-6,9-10,15H,4,7-8,11H2,1-2H3. The number of carbonyl (C=O) groups excluding carboxylic acids is 1. The summed E-state index contributed by atoms with van der Waals surface area (Å²) in [6.07, 6.45) is 2.30. The minimum absolute atomic E-state index is 0.0132. The number of ether oxygens (including phenoxy) is 1. The maximum absolute atomic E-state index is 12.6. The predicted molar refractivity (Wildman–Crippen MR) is 81.6 cm³/mol. The van der Waals surface area contributed by atoms with Crippen LogP contribution >= 0.6 is 0 Å². The minimum Gasteiger partial charge on any atom is -0.497 e. The summed E-state index contributed by atoms with van der Waals surface area (Å²) >= 11 is 0. The molecule has 0 radical (unpaired) electrons. The Balaban J connectivity index is 1.73. The first-order chi connectivity index (χ1) is 10.7. The molecule has 1 amide bonds. The van der Waals surface area contributed by atoms with Gasteiger partial charge in [0.25, 0.3) is 0 Å². The lowest BCUT2D eigenvalue weighted by molar-refractivity contribution is -0.131. The van der Waals surface area contributed by atoms with Gasteiger partial charge in [-0.3, -0.25) is 4.79 Å². The highest BCUT2D eigenvalue weighted by Gasteiger charge is 2.32. The van der Waals surface area contributed by atoms with Gasteiger partial charge >= 0.3 is 0 Å². The van der Waals surface area contributed by atoms with Crippen LogP contribution < -0.4 is 4.74 Å². The first kappa shape index (κ1) is 14.6. The summed E-state index contributed by atoms with van der Waals surface area (Å²) in [5.41, 5.74) is 1.81. The molecular weight excluding hydrogens is 280 g/mol. The quantitative estimate of drug-likeness (QED) is 0.871. The van der Waals surface area contributed by atoms with Crippen LogP contribution in [-0.2, 0) is 11.2 Å². The Kier molecular flexibility index (Phi) is 4.13. The summed E-state index contributed by atoms with van der Waals surface area (Å²) in [4.78, 5) is 14.5. The van der Waals surface area contributed by atoms with Gasteiger partial charge in [0.15, 0.2) is 5.76 Å². The van der Waals surface area contributed by atoms with E-state index in [9.17, 15) is 4.79 Å². The van der Waals surface area contributed by atoms with E-state index in [1.165, 1.54) is 0 Å². The van der Waals surface area contributed by atoms with Gasteiger partial charge in [-0.05, 0) is 37.5 Å². The van der Waals surface area contributed by atoms with Gasteiger partial charge in [0.1, 0.15) is 5.75 Å². The smallest absolute Gasteiger partial charge is 0.227 e. The van der Waals surface area contributed by atoms with Crippen molar-refractivity contribution in [2.45, 2.75) is 32.2 Å². The van der Waals surface area contributed by atoms with E-state index in [4.69, 9.17) is 9.26 Å². The third-order valence-corrected chi connectivity index (χ3v) is 4.04. The second kappa shape index (κ2) is 6.22. The topological polar surface area (TPSA) is 55.6 Å². The lowest BCUT2D eigenvalue weighted by Crippen LogP contribution is -2.31. The molecule has 2 aromatic rings. The summed E-state index contributed by atoms with van der Waals surface area (Å²) < 4.78 is 10.6. The first-order valence-electron chi connectivity index (χ1n) is 7.53. The number of nitrogens with zero attached hydrogens (tertiary/aromatic N) is 2. The summed E-state index contributed by atoms with van der Waals surface area (Å²) in [6, 6.07) is 9.57. The number of methoxy groups -OCH3 is 1. The van der Waals surface area contributed by atoms with Gasteiger partial charge in [0, 0.05) is 12.6 Å². The molecule has 0 aliphatic carbocycles. The summed E-state index contributed by atoms with van der Waals surface area (Å²) in [7, 11) is 1.63. The number of aryl methyl sites for hydroxylation is 1. The molecule has 1 aromatic heterocycles. The average molecular weight is 300 g/mol. The summed E-state index contributed by atoms with van der Waals surface area (Å²) in [5, 5.41) is 3.93. The molecule has 1 saturated heterocycles. The first-order valence-corrected chi connectivity index (χ1v) is 7.53. The molecule has 22 heavy (non-hydrogen) atoms. The number of hydrogen-bond donors (Lipinski definition) is 0. The Bertz CT molecular complexity index is 665. The van der Waals surface area contributed by atoms with Crippen LogP contribution in [0.1, 0.15) is 35.9 Å². The Morgan fingerprint density at radius 2 is 2.32 bits per heavy atom. The Morgan fingerprint density at radius 1 is 1.45 bits per heavy atom. The largest absolute Gasteiger partial charge is 0.497 e. The third kappa shape index (κ3) is 2.98. The van der Waals surface area contributed by atoms with Gasteiger partial charge < -0.3 is 14.2 Å². The van der Waals surface area contributed by atoms with Crippen molar-refractivity contribution in [3.63, 3.8) is 0 Å². The fourth-order valence-electron chi connectivity index (χ4n) is 2.96. The predicted octanol–water partition coefficient (Wildman–Crippen LogP) is 2.90. The average Bonchev–Trinajstić information content (AvgIpc) is 3.15. The van der Waals surface area contributed by atoms with Crippen molar-refractivity contribution in [3.05, 3.63) is 47.3 Å². The highest BCUT2D eigenvalue weighted by molar-refractivity contribution is 5.79. The van der Waals surface area contributed by atoms with Crippen molar-refractivity contribution in [3.8, 4) is 5.75 Å². The molecule has 0 spiro atoms. The zero-order valence-corrected chi connectivity index (χ0v) is 12.9. The van der Waals surface area contributed by atoms with E-state index < -0.39 is 0 Å². The minimum atomic E-state index is 0.0132. The Morgan fingerprint density at radius 3 is 3.05 bits per heavy atom. The van der Waals surface area contributed by atoms with E-state index in [2.05, 4.69) is 5.16 Å². The SMILES string of the molecule is COc1cccc(CC(=O)N2CCCC2c2cc(C)no2)c1. The monoisotopic (exact) mass is 300 g/mol. The second-order valence-corrected chi connectivity index (χ2v) is 5.64. The van der Waals surface area contributed by atoms with Crippen LogP contribution in [0.4, 0.5) is 0 Å². The van der Waals surface area contributed by atoms with Crippen LogP contribution in [0.5, 0.6) is 5.75 Å². The molecule has 1 aliphatic heterocycles. The second-order valence-electron chi connectivity index (χ2n) is 5.64. The number of amides is 1.